The van der Waals surface area contributed by atoms with Crippen LogP contribution in [0.5, 0.6) is 5.75 Å². The number of fused-ring (bicyclic) bond motifs is 1. The van der Waals surface area contributed by atoms with Gasteiger partial charge in [-0.05, 0) is 51.4 Å². The predicted molar refractivity (Wildman–Crippen MR) is 147 cm³/mol. The van der Waals surface area contributed by atoms with Gasteiger partial charge in [-0.1, -0.05) is 11.6 Å². The Bertz CT molecular complexity index is 1400. The molecule has 0 spiro atoms. The molecule has 0 amide bonds. The predicted octanol–water partition coefficient (Wildman–Crippen LogP) is 5.16. The van der Waals surface area contributed by atoms with Crippen molar-refractivity contribution in [1.29, 1.82) is 0 Å². The second-order valence-electron chi connectivity index (χ2n) is 10.1. The molecular weight excluding hydrogens is 608 g/mol. The monoisotopic (exact) mass is 637 g/mol. The van der Waals surface area contributed by atoms with Crippen molar-refractivity contribution in [2.24, 2.45) is 0 Å². The first-order valence-corrected chi connectivity index (χ1v) is 13.8. The fourth-order valence-corrected chi connectivity index (χ4v) is 5.25. The zero-order chi connectivity index (χ0) is 31.4. The van der Waals surface area contributed by atoms with E-state index in [2.05, 4.69) is 30.0 Å². The van der Waals surface area contributed by atoms with Crippen molar-refractivity contribution in [2.75, 3.05) is 62.2 Å². The number of nitrogens with zero attached hydrogens (tertiary/aromatic N) is 6. The summed E-state index contributed by atoms with van der Waals surface area (Å²) in [6.07, 6.45) is -4.91. The van der Waals surface area contributed by atoms with E-state index < -0.39 is 24.0 Å². The first kappa shape index (κ1) is 32.4. The molecule has 1 aromatic carbocycles. The molecule has 2 aliphatic rings. The van der Waals surface area contributed by atoms with Gasteiger partial charge in [-0.2, -0.15) is 31.4 Å². The van der Waals surface area contributed by atoms with Crippen LogP contribution in [0.25, 0.3) is 11.0 Å². The SMILES string of the molecule is Cc1c(OCCCN2CCCC2)cc(Cl)cc1N1CCN(c2ncnc3[nH]nc(C(F)(F)F)c23)CC1.O=C(O)C(F)(F)F. The average molecular weight is 638 g/mol. The molecule has 4 heterocycles. The van der Waals surface area contributed by atoms with E-state index in [0.29, 0.717) is 37.8 Å². The smallest absolute Gasteiger partial charge is 0.490 e. The normalized spacial score (nSPS) is 16.4. The van der Waals surface area contributed by atoms with Crippen LogP contribution in [0.1, 0.15) is 30.5 Å². The molecule has 2 N–H and O–H groups in total. The van der Waals surface area contributed by atoms with E-state index >= 15 is 0 Å². The fraction of sp³-hybridized carbons (Fsp3) is 0.538. The Morgan fingerprint density at radius 2 is 1.65 bits per heavy atom. The summed E-state index contributed by atoms with van der Waals surface area (Å²) in [7, 11) is 0. The van der Waals surface area contributed by atoms with Gasteiger partial charge in [0.2, 0.25) is 0 Å². The zero-order valence-electron chi connectivity index (χ0n) is 23.1. The van der Waals surface area contributed by atoms with Gasteiger partial charge in [-0.3, -0.25) is 5.10 Å². The summed E-state index contributed by atoms with van der Waals surface area (Å²) in [5.74, 6) is -1.75. The number of hydrogen-bond acceptors (Lipinski definition) is 8. The Balaban J connectivity index is 0.000000541. The number of nitrogens with one attached hydrogen (secondary N) is 1. The van der Waals surface area contributed by atoms with E-state index in [4.69, 9.17) is 26.2 Å². The van der Waals surface area contributed by atoms with E-state index in [-0.39, 0.29) is 16.9 Å². The van der Waals surface area contributed by atoms with Crippen molar-refractivity contribution in [1.82, 2.24) is 25.1 Å². The second kappa shape index (κ2) is 13.4. The maximum atomic E-state index is 13.5. The van der Waals surface area contributed by atoms with Crippen molar-refractivity contribution >= 4 is 40.1 Å². The molecule has 0 atom stereocenters. The fourth-order valence-electron chi connectivity index (χ4n) is 5.04. The number of ether oxygens (including phenoxy) is 1. The largest absolute Gasteiger partial charge is 0.493 e. The van der Waals surface area contributed by atoms with Crippen molar-refractivity contribution in [2.45, 2.75) is 38.5 Å². The molecular formula is C26H30ClF6N7O3. The Kier molecular flexibility index (Phi) is 10.1. The van der Waals surface area contributed by atoms with Gasteiger partial charge in [-0.25, -0.2) is 14.8 Å². The lowest BCUT2D eigenvalue weighted by atomic mass is 10.1. The number of carboxylic acids is 1. The molecule has 2 aromatic heterocycles. The van der Waals surface area contributed by atoms with Crippen LogP contribution in [0, 0.1) is 6.92 Å². The number of aromatic amines is 1. The zero-order valence-corrected chi connectivity index (χ0v) is 23.9. The molecule has 3 aromatic rings. The third-order valence-electron chi connectivity index (χ3n) is 7.14. The highest BCUT2D eigenvalue weighted by molar-refractivity contribution is 6.31. The molecule has 43 heavy (non-hydrogen) atoms. The van der Waals surface area contributed by atoms with Crippen molar-refractivity contribution in [3.8, 4) is 5.75 Å². The summed E-state index contributed by atoms with van der Waals surface area (Å²) < 4.78 is 78.3. The standard InChI is InChI=1S/C24H29ClF3N7O.C2HF3O2/c1-16-18(13-17(25)14-19(16)36-12-4-7-33-5-2-3-6-33)34-8-10-35(11-9-34)23-20-21(24(26,27)28)31-32-22(20)29-15-30-23;3-2(4,5)1(6)7/h13-15H,2-12H2,1H3,(H,29,30,31,32);(H,6,7). The van der Waals surface area contributed by atoms with E-state index in [9.17, 15) is 26.3 Å². The lowest BCUT2D eigenvalue weighted by Crippen LogP contribution is -2.47. The minimum Gasteiger partial charge on any atom is -0.493 e. The first-order chi connectivity index (χ1) is 20.3. The third-order valence-corrected chi connectivity index (χ3v) is 7.36. The average Bonchev–Trinajstić information content (AvgIpc) is 3.63. The number of piperazine rings is 1. The van der Waals surface area contributed by atoms with Crippen LogP contribution in [-0.2, 0) is 11.0 Å². The summed E-state index contributed by atoms with van der Waals surface area (Å²) in [5, 5.41) is 13.4. The molecule has 2 fully saturated rings. The minimum absolute atomic E-state index is 0.0759. The summed E-state index contributed by atoms with van der Waals surface area (Å²) in [6, 6.07) is 3.77. The summed E-state index contributed by atoms with van der Waals surface area (Å²) >= 11 is 6.44. The number of carbonyl (C=O) groups is 1. The number of carboxylic acid groups (broad SMARTS) is 1. The number of rotatable bonds is 7. The van der Waals surface area contributed by atoms with Crippen molar-refractivity contribution in [3.63, 3.8) is 0 Å². The molecule has 0 saturated carbocycles. The molecule has 0 unspecified atom stereocenters. The molecule has 2 saturated heterocycles. The van der Waals surface area contributed by atoms with Gasteiger partial charge >= 0.3 is 18.3 Å². The molecule has 0 aliphatic carbocycles. The molecule has 17 heteroatoms. The van der Waals surface area contributed by atoms with Crippen LogP contribution in [0.3, 0.4) is 0 Å². The van der Waals surface area contributed by atoms with Gasteiger partial charge in [0.15, 0.2) is 11.3 Å². The third kappa shape index (κ3) is 8.10. The van der Waals surface area contributed by atoms with Gasteiger partial charge in [0.05, 0.1) is 12.0 Å². The van der Waals surface area contributed by atoms with E-state index in [1.165, 1.54) is 32.3 Å². The highest BCUT2D eigenvalue weighted by atomic mass is 35.5. The number of aromatic nitrogens is 4. The number of hydrogen-bond donors (Lipinski definition) is 2. The number of likely N-dealkylation sites (tertiary alicyclic amines) is 1. The highest BCUT2D eigenvalue weighted by Gasteiger charge is 2.39. The van der Waals surface area contributed by atoms with Crippen molar-refractivity contribution < 1.29 is 41.0 Å². The quantitative estimate of drug-likeness (QED) is 0.268. The van der Waals surface area contributed by atoms with Gasteiger partial charge in [0.1, 0.15) is 17.9 Å². The number of H-pyrrole nitrogens is 1. The van der Waals surface area contributed by atoms with Crippen LogP contribution < -0.4 is 14.5 Å². The topological polar surface area (TPSA) is 111 Å². The summed E-state index contributed by atoms with van der Waals surface area (Å²) in [4.78, 5) is 23.5. The Morgan fingerprint density at radius 1 is 1.02 bits per heavy atom. The Labute approximate surface area is 247 Å². The molecule has 10 nitrogen and oxygen atoms in total. The van der Waals surface area contributed by atoms with Crippen LogP contribution >= 0.6 is 11.6 Å². The van der Waals surface area contributed by atoms with E-state index in [0.717, 1.165) is 30.0 Å². The van der Waals surface area contributed by atoms with Crippen LogP contribution in [0.2, 0.25) is 5.02 Å². The molecule has 5 rings (SSSR count). The lowest BCUT2D eigenvalue weighted by Gasteiger charge is -2.37. The van der Waals surface area contributed by atoms with E-state index in [1.54, 1.807) is 0 Å². The maximum absolute atomic E-state index is 13.5. The minimum atomic E-state index is -5.08. The number of benzene rings is 1. The Morgan fingerprint density at radius 3 is 2.26 bits per heavy atom. The van der Waals surface area contributed by atoms with Crippen LogP contribution in [-0.4, -0.2) is 94.7 Å². The number of halogens is 7. The molecule has 0 bridgehead atoms. The number of aliphatic carboxylic acids is 1. The molecule has 2 aliphatic heterocycles. The Hall–Kier alpha value is -3.53. The van der Waals surface area contributed by atoms with Gasteiger partial charge in [-0.15, -0.1) is 0 Å². The van der Waals surface area contributed by atoms with Crippen LogP contribution in [0.15, 0.2) is 18.5 Å². The molecule has 236 valence electrons. The van der Waals surface area contributed by atoms with Gasteiger partial charge < -0.3 is 24.5 Å². The number of anilines is 2. The van der Waals surface area contributed by atoms with Gasteiger partial charge in [0.25, 0.3) is 0 Å². The van der Waals surface area contributed by atoms with E-state index in [1.807, 2.05) is 24.0 Å². The maximum Gasteiger partial charge on any atom is 0.490 e. The van der Waals surface area contributed by atoms with Gasteiger partial charge in [0, 0.05) is 49.0 Å². The molecule has 0 radical (unpaired) electrons. The number of alkyl halides is 6. The summed E-state index contributed by atoms with van der Waals surface area (Å²) in [6.45, 7) is 8.21. The van der Waals surface area contributed by atoms with Crippen LogP contribution in [0.4, 0.5) is 37.8 Å². The lowest BCUT2D eigenvalue weighted by molar-refractivity contribution is -0.192. The highest BCUT2D eigenvalue weighted by Crippen LogP contribution is 2.37. The second-order valence-corrected chi connectivity index (χ2v) is 10.5. The summed E-state index contributed by atoms with van der Waals surface area (Å²) in [5.41, 5.74) is 1.07. The first-order valence-electron chi connectivity index (χ1n) is 13.5. The van der Waals surface area contributed by atoms with Crippen molar-refractivity contribution in [3.05, 3.63) is 34.7 Å².